The van der Waals surface area contributed by atoms with Crippen LogP contribution in [0.5, 0.6) is 5.75 Å². The predicted molar refractivity (Wildman–Crippen MR) is 87.3 cm³/mol. The smallest absolute Gasteiger partial charge is 0.142 e. The van der Waals surface area contributed by atoms with Crippen molar-refractivity contribution in [3.63, 3.8) is 0 Å². The van der Waals surface area contributed by atoms with E-state index < -0.39 is 0 Å². The molecule has 4 heteroatoms. The maximum absolute atomic E-state index is 5.92. The molecule has 1 aromatic rings. The standard InChI is InChI=1S/C17H28N2O2/c1-3-15-13-19-16-12-14(6-7-17(16)21-15)8-10-18-9-5-11-20-4-2/h6-7,12,15,18-19H,3-5,8-11,13H2,1-2H3. The van der Waals surface area contributed by atoms with Gasteiger partial charge in [0.2, 0.25) is 0 Å². The molecule has 1 aliphatic rings. The molecule has 1 heterocycles. The summed E-state index contributed by atoms with van der Waals surface area (Å²) in [6.07, 6.45) is 3.46. The molecule has 21 heavy (non-hydrogen) atoms. The molecule has 0 spiro atoms. The van der Waals surface area contributed by atoms with E-state index in [1.807, 2.05) is 6.92 Å². The predicted octanol–water partition coefficient (Wildman–Crippen LogP) is 2.83. The van der Waals surface area contributed by atoms with Crippen LogP contribution in [-0.4, -0.2) is 39.0 Å². The van der Waals surface area contributed by atoms with Crippen LogP contribution in [0, 0.1) is 0 Å². The summed E-state index contributed by atoms with van der Waals surface area (Å²) in [5.41, 5.74) is 2.48. The Kier molecular flexibility index (Phi) is 6.83. The molecule has 0 fully saturated rings. The van der Waals surface area contributed by atoms with Crippen LogP contribution in [0.4, 0.5) is 5.69 Å². The van der Waals surface area contributed by atoms with Gasteiger partial charge >= 0.3 is 0 Å². The van der Waals surface area contributed by atoms with E-state index in [0.717, 1.165) is 63.5 Å². The van der Waals surface area contributed by atoms with Crippen molar-refractivity contribution >= 4 is 5.69 Å². The van der Waals surface area contributed by atoms with Crippen molar-refractivity contribution < 1.29 is 9.47 Å². The number of anilines is 1. The molecule has 1 atom stereocenters. The summed E-state index contributed by atoms with van der Waals surface area (Å²) in [6.45, 7) is 8.77. The second-order valence-electron chi connectivity index (χ2n) is 5.41. The van der Waals surface area contributed by atoms with Crippen LogP contribution in [0.1, 0.15) is 32.3 Å². The quantitative estimate of drug-likeness (QED) is 0.687. The van der Waals surface area contributed by atoms with E-state index in [4.69, 9.17) is 9.47 Å². The lowest BCUT2D eigenvalue weighted by molar-refractivity contribution is 0.145. The third-order valence-corrected chi connectivity index (χ3v) is 3.75. The molecule has 0 aromatic heterocycles. The highest BCUT2D eigenvalue weighted by molar-refractivity contribution is 5.59. The molecule has 0 amide bonds. The van der Waals surface area contributed by atoms with Gasteiger partial charge in [-0.1, -0.05) is 13.0 Å². The number of ether oxygens (including phenoxy) is 2. The maximum Gasteiger partial charge on any atom is 0.142 e. The van der Waals surface area contributed by atoms with Gasteiger partial charge in [0, 0.05) is 13.2 Å². The van der Waals surface area contributed by atoms with Crippen molar-refractivity contribution in [3.8, 4) is 5.75 Å². The van der Waals surface area contributed by atoms with E-state index in [0.29, 0.717) is 6.10 Å². The van der Waals surface area contributed by atoms with Gasteiger partial charge in [-0.25, -0.2) is 0 Å². The molecule has 0 aliphatic carbocycles. The molecule has 0 bridgehead atoms. The first-order valence-corrected chi connectivity index (χ1v) is 8.15. The fourth-order valence-electron chi connectivity index (χ4n) is 2.45. The van der Waals surface area contributed by atoms with Gasteiger partial charge in [0.05, 0.1) is 12.2 Å². The van der Waals surface area contributed by atoms with Crippen molar-refractivity contribution in [2.45, 2.75) is 39.2 Å². The second-order valence-corrected chi connectivity index (χ2v) is 5.41. The minimum Gasteiger partial charge on any atom is -0.486 e. The Morgan fingerprint density at radius 1 is 1.33 bits per heavy atom. The van der Waals surface area contributed by atoms with Crippen LogP contribution in [0.3, 0.4) is 0 Å². The van der Waals surface area contributed by atoms with Crippen LogP contribution < -0.4 is 15.4 Å². The largest absolute Gasteiger partial charge is 0.486 e. The second kappa shape index (κ2) is 8.90. The van der Waals surface area contributed by atoms with Gasteiger partial charge in [0.15, 0.2) is 0 Å². The molecule has 0 radical (unpaired) electrons. The van der Waals surface area contributed by atoms with Gasteiger partial charge < -0.3 is 20.1 Å². The number of rotatable bonds is 9. The van der Waals surface area contributed by atoms with Gasteiger partial charge in [-0.2, -0.15) is 0 Å². The average Bonchev–Trinajstić information content (AvgIpc) is 2.53. The van der Waals surface area contributed by atoms with Crippen LogP contribution in [0.25, 0.3) is 0 Å². The first-order valence-electron chi connectivity index (χ1n) is 8.15. The molecule has 1 aliphatic heterocycles. The zero-order chi connectivity index (χ0) is 14.9. The zero-order valence-electron chi connectivity index (χ0n) is 13.3. The van der Waals surface area contributed by atoms with Gasteiger partial charge in [0.25, 0.3) is 0 Å². The lowest BCUT2D eigenvalue weighted by Crippen LogP contribution is -2.30. The highest BCUT2D eigenvalue weighted by atomic mass is 16.5. The van der Waals surface area contributed by atoms with Crippen molar-refractivity contribution in [3.05, 3.63) is 23.8 Å². The van der Waals surface area contributed by atoms with E-state index in [1.165, 1.54) is 5.56 Å². The fourth-order valence-corrected chi connectivity index (χ4v) is 2.45. The summed E-state index contributed by atoms with van der Waals surface area (Å²) in [4.78, 5) is 0. The van der Waals surface area contributed by atoms with Crippen LogP contribution in [-0.2, 0) is 11.2 Å². The molecular formula is C17H28N2O2. The number of benzene rings is 1. The van der Waals surface area contributed by atoms with Crippen LogP contribution in [0.2, 0.25) is 0 Å². The Morgan fingerprint density at radius 3 is 3.05 bits per heavy atom. The van der Waals surface area contributed by atoms with Crippen molar-refractivity contribution in [1.29, 1.82) is 0 Å². The van der Waals surface area contributed by atoms with E-state index >= 15 is 0 Å². The van der Waals surface area contributed by atoms with Crippen LogP contribution in [0.15, 0.2) is 18.2 Å². The molecule has 0 saturated heterocycles. The van der Waals surface area contributed by atoms with Crippen molar-refractivity contribution in [2.75, 3.05) is 38.2 Å². The molecular weight excluding hydrogens is 264 g/mol. The molecule has 1 aromatic carbocycles. The highest BCUT2D eigenvalue weighted by Gasteiger charge is 2.17. The van der Waals surface area contributed by atoms with Crippen molar-refractivity contribution in [1.82, 2.24) is 5.32 Å². The Labute approximate surface area is 128 Å². The number of hydrogen-bond acceptors (Lipinski definition) is 4. The molecule has 4 nitrogen and oxygen atoms in total. The SMILES string of the molecule is CCOCCCNCCc1ccc2c(c1)NCC(CC)O2. The minimum absolute atomic E-state index is 0.301. The third kappa shape index (κ3) is 5.21. The highest BCUT2D eigenvalue weighted by Crippen LogP contribution is 2.30. The van der Waals surface area contributed by atoms with E-state index in [2.05, 4.69) is 35.8 Å². The summed E-state index contributed by atoms with van der Waals surface area (Å²) < 4.78 is 11.2. The fraction of sp³-hybridized carbons (Fsp3) is 0.647. The molecule has 118 valence electrons. The monoisotopic (exact) mass is 292 g/mol. The Hall–Kier alpha value is -1.26. The molecule has 2 N–H and O–H groups in total. The normalized spacial score (nSPS) is 17.0. The topological polar surface area (TPSA) is 42.5 Å². The summed E-state index contributed by atoms with van der Waals surface area (Å²) >= 11 is 0. The Morgan fingerprint density at radius 2 is 2.24 bits per heavy atom. The first kappa shape index (κ1) is 16.1. The Balaban J connectivity index is 1.70. The van der Waals surface area contributed by atoms with Crippen molar-refractivity contribution in [2.24, 2.45) is 0 Å². The zero-order valence-corrected chi connectivity index (χ0v) is 13.3. The average molecular weight is 292 g/mol. The van der Waals surface area contributed by atoms with Gasteiger partial charge in [0.1, 0.15) is 11.9 Å². The lowest BCUT2D eigenvalue weighted by atomic mass is 10.1. The summed E-state index contributed by atoms with van der Waals surface area (Å²) in [5.74, 6) is 0.988. The number of fused-ring (bicyclic) bond motifs is 1. The summed E-state index contributed by atoms with van der Waals surface area (Å²) in [6, 6.07) is 6.47. The van der Waals surface area contributed by atoms with Gasteiger partial charge in [-0.15, -0.1) is 0 Å². The Bertz CT molecular complexity index is 423. The lowest BCUT2D eigenvalue weighted by Gasteiger charge is -2.27. The molecule has 1 unspecified atom stereocenters. The first-order chi connectivity index (χ1) is 10.3. The summed E-state index contributed by atoms with van der Waals surface area (Å²) in [7, 11) is 0. The molecule has 2 rings (SSSR count). The summed E-state index contributed by atoms with van der Waals surface area (Å²) in [5, 5.41) is 6.92. The van der Waals surface area contributed by atoms with Gasteiger partial charge in [-0.3, -0.25) is 0 Å². The third-order valence-electron chi connectivity index (χ3n) is 3.75. The number of nitrogens with one attached hydrogen (secondary N) is 2. The van der Waals surface area contributed by atoms with Gasteiger partial charge in [-0.05, 0) is 57.0 Å². The van der Waals surface area contributed by atoms with E-state index in [9.17, 15) is 0 Å². The molecule has 0 saturated carbocycles. The van der Waals surface area contributed by atoms with E-state index in [1.54, 1.807) is 0 Å². The minimum atomic E-state index is 0.301. The van der Waals surface area contributed by atoms with E-state index in [-0.39, 0.29) is 0 Å². The number of hydrogen-bond donors (Lipinski definition) is 2. The maximum atomic E-state index is 5.92. The van der Waals surface area contributed by atoms with Crippen LogP contribution >= 0.6 is 0 Å².